The summed E-state index contributed by atoms with van der Waals surface area (Å²) in [5.74, 6) is 6.28. The second-order valence-electron chi connectivity index (χ2n) is 4.51. The van der Waals surface area contributed by atoms with Crippen molar-refractivity contribution in [3.63, 3.8) is 0 Å². The molecule has 0 spiro atoms. The molecule has 1 saturated heterocycles. The molecule has 1 aliphatic heterocycles. The van der Waals surface area contributed by atoms with E-state index in [1.807, 2.05) is 7.05 Å². The maximum atomic E-state index is 5.49. The van der Waals surface area contributed by atoms with Crippen LogP contribution in [0.5, 0.6) is 0 Å². The van der Waals surface area contributed by atoms with Crippen molar-refractivity contribution >= 4 is 5.96 Å². The zero-order valence-electron chi connectivity index (χ0n) is 10.7. The standard InChI is InChI=1S/C11H25N5/c1-4-7-13-11(14-12)16(3)9-10-6-5-8-15(10)2/h10H,4-9,12H2,1-3H3,(H,13,14). The van der Waals surface area contributed by atoms with E-state index in [9.17, 15) is 0 Å². The molecular formula is C11H25N5. The van der Waals surface area contributed by atoms with Crippen molar-refractivity contribution in [1.82, 2.24) is 15.2 Å². The SMILES string of the molecule is CCCN=C(NN)N(C)CC1CCCN1C. The first-order chi connectivity index (χ1) is 7.69. The molecule has 0 amide bonds. The first-order valence-corrected chi connectivity index (χ1v) is 6.11. The second-order valence-corrected chi connectivity index (χ2v) is 4.51. The molecule has 5 heteroatoms. The number of likely N-dealkylation sites (tertiary alicyclic amines) is 1. The van der Waals surface area contributed by atoms with Crippen molar-refractivity contribution in [2.75, 3.05) is 33.7 Å². The van der Waals surface area contributed by atoms with Crippen LogP contribution in [-0.4, -0.2) is 55.5 Å². The van der Waals surface area contributed by atoms with E-state index < -0.39 is 0 Å². The smallest absolute Gasteiger partial charge is 0.208 e. The van der Waals surface area contributed by atoms with Gasteiger partial charge in [0.05, 0.1) is 0 Å². The topological polar surface area (TPSA) is 56.9 Å². The van der Waals surface area contributed by atoms with Crippen LogP contribution in [0.3, 0.4) is 0 Å². The van der Waals surface area contributed by atoms with E-state index in [0.29, 0.717) is 6.04 Å². The Hall–Kier alpha value is -0.810. The molecular weight excluding hydrogens is 202 g/mol. The number of nitrogens with zero attached hydrogens (tertiary/aromatic N) is 3. The van der Waals surface area contributed by atoms with Crippen molar-refractivity contribution in [1.29, 1.82) is 0 Å². The first kappa shape index (κ1) is 13.3. The zero-order valence-corrected chi connectivity index (χ0v) is 10.7. The van der Waals surface area contributed by atoms with Crippen LogP contribution >= 0.6 is 0 Å². The number of likely N-dealkylation sites (N-methyl/N-ethyl adjacent to an activating group) is 2. The first-order valence-electron chi connectivity index (χ1n) is 6.11. The fourth-order valence-electron chi connectivity index (χ4n) is 2.11. The van der Waals surface area contributed by atoms with E-state index in [-0.39, 0.29) is 0 Å². The van der Waals surface area contributed by atoms with Gasteiger partial charge in [0.25, 0.3) is 0 Å². The number of hydrogen-bond donors (Lipinski definition) is 2. The van der Waals surface area contributed by atoms with Crippen molar-refractivity contribution in [2.45, 2.75) is 32.2 Å². The molecule has 1 aliphatic rings. The average Bonchev–Trinajstić information content (AvgIpc) is 2.65. The van der Waals surface area contributed by atoms with Gasteiger partial charge in [-0.05, 0) is 32.9 Å². The monoisotopic (exact) mass is 227 g/mol. The second kappa shape index (κ2) is 6.70. The van der Waals surface area contributed by atoms with E-state index in [2.05, 4.69) is 34.2 Å². The molecule has 0 radical (unpaired) electrons. The quantitative estimate of drug-likeness (QED) is 0.313. The summed E-state index contributed by atoms with van der Waals surface area (Å²) in [5.41, 5.74) is 2.68. The minimum atomic E-state index is 0.630. The van der Waals surface area contributed by atoms with E-state index in [4.69, 9.17) is 5.84 Å². The third-order valence-corrected chi connectivity index (χ3v) is 3.13. The van der Waals surface area contributed by atoms with E-state index >= 15 is 0 Å². The van der Waals surface area contributed by atoms with Crippen LogP contribution in [0.4, 0.5) is 0 Å². The highest BCUT2D eigenvalue weighted by atomic mass is 15.4. The van der Waals surface area contributed by atoms with Gasteiger partial charge in [0.1, 0.15) is 0 Å². The molecule has 16 heavy (non-hydrogen) atoms. The molecule has 1 unspecified atom stereocenters. The van der Waals surface area contributed by atoms with Crippen LogP contribution < -0.4 is 11.3 Å². The Balaban J connectivity index is 2.45. The minimum Gasteiger partial charge on any atom is -0.343 e. The van der Waals surface area contributed by atoms with Crippen molar-refractivity contribution < 1.29 is 0 Å². The van der Waals surface area contributed by atoms with Crippen molar-refractivity contribution in [2.24, 2.45) is 10.8 Å². The molecule has 0 aromatic heterocycles. The third-order valence-electron chi connectivity index (χ3n) is 3.13. The van der Waals surface area contributed by atoms with Gasteiger partial charge >= 0.3 is 0 Å². The van der Waals surface area contributed by atoms with Gasteiger partial charge in [0.2, 0.25) is 5.96 Å². The number of nitrogens with two attached hydrogens (primary N) is 1. The largest absolute Gasteiger partial charge is 0.343 e. The number of nitrogens with one attached hydrogen (secondary N) is 1. The normalized spacial score (nSPS) is 22.5. The Kier molecular flexibility index (Phi) is 5.55. The third kappa shape index (κ3) is 3.64. The lowest BCUT2D eigenvalue weighted by Gasteiger charge is -2.27. The predicted molar refractivity (Wildman–Crippen MR) is 68.2 cm³/mol. The Morgan fingerprint density at radius 2 is 2.38 bits per heavy atom. The summed E-state index contributed by atoms with van der Waals surface area (Å²) >= 11 is 0. The Morgan fingerprint density at radius 1 is 1.62 bits per heavy atom. The van der Waals surface area contributed by atoms with E-state index in [1.54, 1.807) is 0 Å². The lowest BCUT2D eigenvalue weighted by Crippen LogP contribution is -2.47. The predicted octanol–water partition coefficient (Wildman–Crippen LogP) is 0.242. The van der Waals surface area contributed by atoms with E-state index in [0.717, 1.165) is 25.5 Å². The fourth-order valence-corrected chi connectivity index (χ4v) is 2.11. The summed E-state index contributed by atoms with van der Waals surface area (Å²) in [6.07, 6.45) is 3.61. The lowest BCUT2D eigenvalue weighted by atomic mass is 10.2. The Morgan fingerprint density at radius 3 is 2.88 bits per heavy atom. The summed E-state index contributed by atoms with van der Waals surface area (Å²) in [6, 6.07) is 0.630. The van der Waals surface area contributed by atoms with Crippen molar-refractivity contribution in [3.05, 3.63) is 0 Å². The van der Waals surface area contributed by atoms with E-state index in [1.165, 1.54) is 19.4 Å². The molecule has 1 heterocycles. The van der Waals surface area contributed by atoms with Gasteiger partial charge in [0.15, 0.2) is 0 Å². The molecule has 1 atom stereocenters. The number of hydrazine groups is 1. The molecule has 1 rings (SSSR count). The van der Waals surface area contributed by atoms with Crippen LogP contribution in [0.15, 0.2) is 4.99 Å². The van der Waals surface area contributed by atoms with Gasteiger partial charge < -0.3 is 9.80 Å². The summed E-state index contributed by atoms with van der Waals surface area (Å²) in [5, 5.41) is 0. The fraction of sp³-hybridized carbons (Fsp3) is 0.909. The molecule has 94 valence electrons. The highest BCUT2D eigenvalue weighted by Gasteiger charge is 2.22. The number of hydrogen-bond acceptors (Lipinski definition) is 3. The van der Waals surface area contributed by atoms with Crippen LogP contribution in [0.1, 0.15) is 26.2 Å². The van der Waals surface area contributed by atoms with Crippen LogP contribution in [0, 0.1) is 0 Å². The van der Waals surface area contributed by atoms with Gasteiger partial charge in [-0.15, -0.1) is 0 Å². The van der Waals surface area contributed by atoms with Gasteiger partial charge in [-0.25, -0.2) is 5.84 Å². The molecule has 0 aliphatic carbocycles. The van der Waals surface area contributed by atoms with Crippen molar-refractivity contribution in [3.8, 4) is 0 Å². The lowest BCUT2D eigenvalue weighted by molar-refractivity contribution is 0.264. The van der Waals surface area contributed by atoms with Crippen LogP contribution in [0.2, 0.25) is 0 Å². The van der Waals surface area contributed by atoms with Gasteiger partial charge in [-0.1, -0.05) is 6.92 Å². The molecule has 5 nitrogen and oxygen atoms in total. The molecule has 3 N–H and O–H groups in total. The molecule has 0 bridgehead atoms. The van der Waals surface area contributed by atoms with Gasteiger partial charge in [-0.3, -0.25) is 10.4 Å². The molecule has 0 saturated carbocycles. The summed E-state index contributed by atoms with van der Waals surface area (Å²) < 4.78 is 0. The maximum Gasteiger partial charge on any atom is 0.208 e. The summed E-state index contributed by atoms with van der Waals surface area (Å²) in [6.45, 7) is 5.13. The van der Waals surface area contributed by atoms with Crippen LogP contribution in [-0.2, 0) is 0 Å². The number of rotatable bonds is 4. The highest BCUT2D eigenvalue weighted by Crippen LogP contribution is 2.15. The minimum absolute atomic E-state index is 0.630. The summed E-state index contributed by atoms with van der Waals surface area (Å²) in [7, 11) is 4.23. The summed E-state index contributed by atoms with van der Waals surface area (Å²) in [4.78, 5) is 8.94. The maximum absolute atomic E-state index is 5.49. The van der Waals surface area contributed by atoms with Gasteiger partial charge in [0, 0.05) is 26.2 Å². The Bertz CT molecular complexity index is 228. The molecule has 0 aromatic carbocycles. The number of aliphatic imine (C=N–C) groups is 1. The molecule has 1 fully saturated rings. The molecule has 0 aromatic rings. The average molecular weight is 227 g/mol. The zero-order chi connectivity index (χ0) is 12.0. The Labute approximate surface area is 98.7 Å². The number of guanidine groups is 1. The highest BCUT2D eigenvalue weighted by molar-refractivity contribution is 5.79. The van der Waals surface area contributed by atoms with Crippen LogP contribution in [0.25, 0.3) is 0 Å². The van der Waals surface area contributed by atoms with Gasteiger partial charge in [-0.2, -0.15) is 0 Å².